The molecule has 88 valence electrons. The van der Waals surface area contributed by atoms with Crippen molar-refractivity contribution in [1.29, 1.82) is 0 Å². The zero-order valence-corrected chi connectivity index (χ0v) is 9.68. The molecular formula is C11H17N3O2. The fourth-order valence-electron chi connectivity index (χ4n) is 1.92. The summed E-state index contributed by atoms with van der Waals surface area (Å²) >= 11 is 0. The molecular weight excluding hydrogens is 206 g/mol. The van der Waals surface area contributed by atoms with Crippen molar-refractivity contribution in [3.8, 4) is 0 Å². The van der Waals surface area contributed by atoms with Crippen LogP contribution in [0.5, 0.6) is 0 Å². The molecule has 5 nitrogen and oxygen atoms in total. The number of imidazole rings is 1. The first kappa shape index (κ1) is 11.1. The Morgan fingerprint density at radius 2 is 2.12 bits per heavy atom. The molecule has 0 bridgehead atoms. The monoisotopic (exact) mass is 223 g/mol. The summed E-state index contributed by atoms with van der Waals surface area (Å²) in [6.45, 7) is 3.03. The molecule has 0 saturated carbocycles. The number of nitrogens with zero attached hydrogens (tertiary/aromatic N) is 3. The van der Waals surface area contributed by atoms with Gasteiger partial charge >= 0.3 is 0 Å². The Morgan fingerprint density at radius 3 is 2.62 bits per heavy atom. The summed E-state index contributed by atoms with van der Waals surface area (Å²) in [5.41, 5.74) is -0.0231. The second-order valence-electron chi connectivity index (χ2n) is 4.68. The number of aliphatic hydroxyl groups is 1. The van der Waals surface area contributed by atoms with Gasteiger partial charge in [0, 0.05) is 20.1 Å². The van der Waals surface area contributed by atoms with Gasteiger partial charge in [-0.3, -0.25) is 4.79 Å². The van der Waals surface area contributed by atoms with Crippen LogP contribution < -0.4 is 0 Å². The minimum Gasteiger partial charge on any atom is -0.390 e. The molecule has 1 aliphatic rings. The van der Waals surface area contributed by atoms with Gasteiger partial charge in [-0.1, -0.05) is 0 Å². The average molecular weight is 223 g/mol. The lowest BCUT2D eigenvalue weighted by Crippen LogP contribution is -2.45. The van der Waals surface area contributed by atoms with Crippen LogP contribution in [0.15, 0.2) is 12.5 Å². The second kappa shape index (κ2) is 3.90. The van der Waals surface area contributed by atoms with Gasteiger partial charge in [-0.15, -0.1) is 0 Å². The first-order valence-corrected chi connectivity index (χ1v) is 5.47. The van der Waals surface area contributed by atoms with Crippen molar-refractivity contribution in [3.05, 3.63) is 18.2 Å². The zero-order chi connectivity index (χ0) is 11.8. The number of hydrogen-bond donors (Lipinski definition) is 1. The van der Waals surface area contributed by atoms with E-state index in [2.05, 4.69) is 4.98 Å². The van der Waals surface area contributed by atoms with Crippen LogP contribution in [0.2, 0.25) is 0 Å². The van der Waals surface area contributed by atoms with Crippen LogP contribution >= 0.6 is 0 Å². The molecule has 1 amide bonds. The molecule has 2 rings (SSSR count). The summed E-state index contributed by atoms with van der Waals surface area (Å²) < 4.78 is 1.72. The van der Waals surface area contributed by atoms with E-state index < -0.39 is 5.60 Å². The van der Waals surface area contributed by atoms with Crippen molar-refractivity contribution in [2.75, 3.05) is 13.1 Å². The van der Waals surface area contributed by atoms with Gasteiger partial charge < -0.3 is 14.6 Å². The Labute approximate surface area is 94.7 Å². The number of aromatic nitrogens is 2. The van der Waals surface area contributed by atoms with Gasteiger partial charge in [-0.25, -0.2) is 4.98 Å². The van der Waals surface area contributed by atoms with Crippen molar-refractivity contribution >= 4 is 5.91 Å². The van der Waals surface area contributed by atoms with Crippen molar-refractivity contribution in [1.82, 2.24) is 14.5 Å². The Morgan fingerprint density at radius 1 is 1.50 bits per heavy atom. The normalized spacial score (nSPS) is 19.8. The van der Waals surface area contributed by atoms with Crippen molar-refractivity contribution in [2.45, 2.75) is 25.4 Å². The lowest BCUT2D eigenvalue weighted by Gasteiger charge is -2.35. The van der Waals surface area contributed by atoms with Crippen LogP contribution in [0.25, 0.3) is 0 Å². The number of hydrogen-bond acceptors (Lipinski definition) is 3. The van der Waals surface area contributed by atoms with Gasteiger partial charge in [-0.2, -0.15) is 0 Å². The molecule has 0 atom stereocenters. The highest BCUT2D eigenvalue weighted by Gasteiger charge is 2.30. The lowest BCUT2D eigenvalue weighted by atomic mass is 9.94. The van der Waals surface area contributed by atoms with Gasteiger partial charge in [0.15, 0.2) is 0 Å². The first-order valence-electron chi connectivity index (χ1n) is 5.47. The molecule has 0 radical (unpaired) electrons. The smallest absolute Gasteiger partial charge is 0.272 e. The predicted octanol–water partition coefficient (Wildman–Crippen LogP) is 0.407. The minimum absolute atomic E-state index is 0.00417. The van der Waals surface area contributed by atoms with E-state index in [4.69, 9.17) is 0 Å². The molecule has 0 spiro atoms. The third-order valence-corrected chi connectivity index (χ3v) is 3.16. The number of rotatable bonds is 1. The molecule has 1 fully saturated rings. The topological polar surface area (TPSA) is 58.4 Å². The first-order chi connectivity index (χ1) is 7.49. The lowest BCUT2D eigenvalue weighted by molar-refractivity contribution is -0.00228. The van der Waals surface area contributed by atoms with E-state index in [-0.39, 0.29) is 5.91 Å². The average Bonchev–Trinajstić information content (AvgIpc) is 2.63. The largest absolute Gasteiger partial charge is 0.390 e. The predicted molar refractivity (Wildman–Crippen MR) is 59.0 cm³/mol. The molecule has 16 heavy (non-hydrogen) atoms. The van der Waals surface area contributed by atoms with Crippen LogP contribution in [0.4, 0.5) is 0 Å². The molecule has 2 heterocycles. The van der Waals surface area contributed by atoms with Gasteiger partial charge in [0.25, 0.3) is 5.91 Å². The summed E-state index contributed by atoms with van der Waals surface area (Å²) in [7, 11) is 1.81. The van der Waals surface area contributed by atoms with Crippen LogP contribution in [0, 0.1) is 0 Å². The molecule has 0 aromatic carbocycles. The number of likely N-dealkylation sites (tertiary alicyclic amines) is 1. The maximum absolute atomic E-state index is 12.1. The zero-order valence-electron chi connectivity index (χ0n) is 9.68. The van der Waals surface area contributed by atoms with Crippen LogP contribution in [0.3, 0.4) is 0 Å². The maximum atomic E-state index is 12.1. The third-order valence-electron chi connectivity index (χ3n) is 3.16. The van der Waals surface area contributed by atoms with E-state index in [1.54, 1.807) is 29.0 Å². The number of amides is 1. The van der Waals surface area contributed by atoms with Gasteiger partial charge in [0.1, 0.15) is 5.69 Å². The van der Waals surface area contributed by atoms with Crippen LogP contribution in [-0.2, 0) is 7.05 Å². The molecule has 1 saturated heterocycles. The standard InChI is InChI=1S/C11H17N3O2/c1-11(16)3-5-14(6-4-11)10(15)9-7-12-8-13(9)2/h7-8,16H,3-6H2,1-2H3. The van der Waals surface area contributed by atoms with Crippen molar-refractivity contribution in [2.24, 2.45) is 7.05 Å². The Hall–Kier alpha value is -1.36. The number of aryl methyl sites for hydroxylation is 1. The van der Waals surface area contributed by atoms with Crippen molar-refractivity contribution < 1.29 is 9.90 Å². The number of carbonyl (C=O) groups excluding carboxylic acids is 1. The highest BCUT2D eigenvalue weighted by Crippen LogP contribution is 2.22. The Balaban J connectivity index is 2.05. The second-order valence-corrected chi connectivity index (χ2v) is 4.68. The van der Waals surface area contributed by atoms with E-state index in [1.165, 1.54) is 0 Å². The Kier molecular flexibility index (Phi) is 2.71. The summed E-state index contributed by atoms with van der Waals surface area (Å²) in [5, 5.41) is 9.80. The van der Waals surface area contributed by atoms with E-state index in [0.717, 1.165) is 0 Å². The maximum Gasteiger partial charge on any atom is 0.272 e. The van der Waals surface area contributed by atoms with E-state index in [9.17, 15) is 9.90 Å². The number of carbonyl (C=O) groups is 1. The fraction of sp³-hybridized carbons (Fsp3) is 0.636. The molecule has 0 unspecified atom stereocenters. The summed E-state index contributed by atoms with van der Waals surface area (Å²) in [5.74, 6) is -0.00417. The highest BCUT2D eigenvalue weighted by atomic mass is 16.3. The molecule has 1 N–H and O–H groups in total. The van der Waals surface area contributed by atoms with E-state index in [0.29, 0.717) is 31.6 Å². The summed E-state index contributed by atoms with van der Waals surface area (Å²) in [4.78, 5) is 17.8. The fourth-order valence-corrected chi connectivity index (χ4v) is 1.92. The van der Waals surface area contributed by atoms with Gasteiger partial charge in [0.05, 0.1) is 18.1 Å². The minimum atomic E-state index is -0.622. The van der Waals surface area contributed by atoms with E-state index >= 15 is 0 Å². The summed E-state index contributed by atoms with van der Waals surface area (Å²) in [6, 6.07) is 0. The molecule has 5 heteroatoms. The van der Waals surface area contributed by atoms with Crippen molar-refractivity contribution in [3.63, 3.8) is 0 Å². The Bertz CT molecular complexity index is 388. The van der Waals surface area contributed by atoms with Gasteiger partial charge in [0.2, 0.25) is 0 Å². The van der Waals surface area contributed by atoms with Gasteiger partial charge in [-0.05, 0) is 19.8 Å². The molecule has 1 aromatic heterocycles. The quantitative estimate of drug-likeness (QED) is 0.750. The van der Waals surface area contributed by atoms with Crippen LogP contribution in [0.1, 0.15) is 30.3 Å². The molecule has 1 aliphatic heterocycles. The molecule has 1 aromatic rings. The third kappa shape index (κ3) is 2.09. The number of piperidine rings is 1. The molecule has 0 aliphatic carbocycles. The summed E-state index contributed by atoms with van der Waals surface area (Å²) in [6.07, 6.45) is 4.47. The van der Waals surface area contributed by atoms with Crippen LogP contribution in [-0.4, -0.2) is 44.2 Å². The van der Waals surface area contributed by atoms with E-state index in [1.807, 2.05) is 6.92 Å². The SMILES string of the molecule is Cn1cncc1C(=O)N1CCC(C)(O)CC1. The highest BCUT2D eigenvalue weighted by molar-refractivity contribution is 5.92.